The van der Waals surface area contributed by atoms with E-state index in [0.717, 1.165) is 0 Å². The molecule has 0 spiro atoms. The Morgan fingerprint density at radius 2 is 1.97 bits per heavy atom. The SMILES string of the molecule is CO[C@@H](C(=O)NC1CC(C(=O)O)NC1=O)[C@@H]1OC(C)(C)O[C@H](C=CC(C)(C)C)[C@@H]1O. The average Bonchev–Trinajstić information content (AvgIpc) is 2.97. The summed E-state index contributed by atoms with van der Waals surface area (Å²) in [7, 11) is 1.29. The van der Waals surface area contributed by atoms with Crippen LogP contribution in [0.15, 0.2) is 12.2 Å². The Labute approximate surface area is 175 Å². The summed E-state index contributed by atoms with van der Waals surface area (Å²) in [6.45, 7) is 9.33. The molecule has 2 aliphatic rings. The van der Waals surface area contributed by atoms with Crippen LogP contribution in [-0.2, 0) is 28.6 Å². The summed E-state index contributed by atoms with van der Waals surface area (Å²) in [6.07, 6.45) is -0.731. The van der Waals surface area contributed by atoms with Gasteiger partial charge in [-0.25, -0.2) is 4.79 Å². The number of carboxylic acid groups (broad SMARTS) is 1. The Morgan fingerprint density at radius 1 is 1.33 bits per heavy atom. The van der Waals surface area contributed by atoms with Crippen molar-refractivity contribution >= 4 is 17.8 Å². The molecule has 170 valence electrons. The second-order valence-electron chi connectivity index (χ2n) is 9.13. The number of allylic oxidation sites excluding steroid dienone is 1. The highest BCUT2D eigenvalue weighted by molar-refractivity contribution is 5.94. The Hall–Kier alpha value is -2.01. The van der Waals surface area contributed by atoms with Crippen molar-refractivity contribution in [1.29, 1.82) is 0 Å². The van der Waals surface area contributed by atoms with E-state index in [2.05, 4.69) is 10.6 Å². The summed E-state index contributed by atoms with van der Waals surface area (Å²) in [5, 5.41) is 24.7. The first-order valence-electron chi connectivity index (χ1n) is 9.83. The van der Waals surface area contributed by atoms with Crippen molar-refractivity contribution in [3.63, 3.8) is 0 Å². The topological polar surface area (TPSA) is 143 Å². The van der Waals surface area contributed by atoms with Crippen LogP contribution < -0.4 is 10.6 Å². The fourth-order valence-electron chi connectivity index (χ4n) is 3.39. The number of ether oxygens (including phenoxy) is 3. The van der Waals surface area contributed by atoms with E-state index in [1.165, 1.54) is 7.11 Å². The maximum absolute atomic E-state index is 12.8. The molecule has 10 heteroatoms. The third-order valence-corrected chi connectivity index (χ3v) is 4.83. The van der Waals surface area contributed by atoms with Gasteiger partial charge in [-0.15, -0.1) is 0 Å². The van der Waals surface area contributed by atoms with Gasteiger partial charge in [-0.3, -0.25) is 9.59 Å². The van der Waals surface area contributed by atoms with Gasteiger partial charge in [0.1, 0.15) is 30.4 Å². The van der Waals surface area contributed by atoms with E-state index in [9.17, 15) is 19.5 Å². The second kappa shape index (κ2) is 9.01. The molecular formula is C20H32N2O8. The molecule has 0 saturated carbocycles. The summed E-state index contributed by atoms with van der Waals surface area (Å²) < 4.78 is 16.9. The van der Waals surface area contributed by atoms with Crippen LogP contribution in [0.1, 0.15) is 41.0 Å². The molecule has 0 aromatic rings. The maximum atomic E-state index is 12.8. The van der Waals surface area contributed by atoms with Crippen molar-refractivity contribution in [3.05, 3.63) is 12.2 Å². The molecule has 2 heterocycles. The quantitative estimate of drug-likeness (QED) is 0.431. The molecule has 2 saturated heterocycles. The largest absolute Gasteiger partial charge is 0.480 e. The Morgan fingerprint density at radius 3 is 2.47 bits per heavy atom. The first kappa shape index (κ1) is 24.3. The molecule has 0 bridgehead atoms. The molecule has 4 N–H and O–H groups in total. The smallest absolute Gasteiger partial charge is 0.326 e. The molecule has 2 unspecified atom stereocenters. The van der Waals surface area contributed by atoms with E-state index in [1.54, 1.807) is 19.9 Å². The number of hydrogen-bond acceptors (Lipinski definition) is 7. The third-order valence-electron chi connectivity index (χ3n) is 4.83. The normalized spacial score (nSPS) is 32.6. The van der Waals surface area contributed by atoms with Gasteiger partial charge in [-0.1, -0.05) is 32.9 Å². The molecule has 2 rings (SSSR count). The number of aliphatic carboxylic acids is 1. The van der Waals surface area contributed by atoms with Gasteiger partial charge in [-0.05, 0) is 19.3 Å². The fraction of sp³-hybridized carbons (Fsp3) is 0.750. The predicted octanol–water partition coefficient (Wildman–Crippen LogP) is -0.0574. The average molecular weight is 428 g/mol. The van der Waals surface area contributed by atoms with Gasteiger partial charge in [0, 0.05) is 13.5 Å². The number of carboxylic acids is 1. The lowest BCUT2D eigenvalue weighted by molar-refractivity contribution is -0.334. The van der Waals surface area contributed by atoms with Crippen LogP contribution in [0, 0.1) is 5.41 Å². The highest BCUT2D eigenvalue weighted by atomic mass is 16.7. The van der Waals surface area contributed by atoms with Gasteiger partial charge in [0.05, 0.1) is 0 Å². The van der Waals surface area contributed by atoms with E-state index in [4.69, 9.17) is 19.3 Å². The van der Waals surface area contributed by atoms with E-state index in [0.29, 0.717) is 0 Å². The monoisotopic (exact) mass is 428 g/mol. The van der Waals surface area contributed by atoms with Crippen LogP contribution in [0.2, 0.25) is 0 Å². The number of nitrogens with one attached hydrogen (secondary N) is 2. The Kier molecular flexibility index (Phi) is 7.28. The van der Waals surface area contributed by atoms with E-state index >= 15 is 0 Å². The summed E-state index contributed by atoms with van der Waals surface area (Å²) in [4.78, 5) is 35.9. The molecule has 0 aromatic carbocycles. The number of amides is 2. The summed E-state index contributed by atoms with van der Waals surface area (Å²) in [5.74, 6) is -3.57. The number of aliphatic hydroxyl groups excluding tert-OH is 1. The van der Waals surface area contributed by atoms with Crippen LogP contribution in [-0.4, -0.2) is 77.4 Å². The van der Waals surface area contributed by atoms with Gasteiger partial charge in [-0.2, -0.15) is 0 Å². The summed E-state index contributed by atoms with van der Waals surface area (Å²) in [5.41, 5.74) is -0.143. The van der Waals surface area contributed by atoms with Crippen molar-refractivity contribution in [2.75, 3.05) is 7.11 Å². The number of aliphatic hydroxyl groups is 1. The fourth-order valence-corrected chi connectivity index (χ4v) is 3.39. The number of rotatable bonds is 6. The maximum Gasteiger partial charge on any atom is 0.326 e. The third kappa shape index (κ3) is 6.00. The van der Waals surface area contributed by atoms with Crippen molar-refractivity contribution in [1.82, 2.24) is 10.6 Å². The minimum absolute atomic E-state index is 0.0873. The molecule has 0 aliphatic carbocycles. The van der Waals surface area contributed by atoms with Crippen molar-refractivity contribution in [3.8, 4) is 0 Å². The number of hydrogen-bond donors (Lipinski definition) is 4. The van der Waals surface area contributed by atoms with Crippen LogP contribution in [0.3, 0.4) is 0 Å². The van der Waals surface area contributed by atoms with E-state index in [-0.39, 0.29) is 11.8 Å². The molecule has 30 heavy (non-hydrogen) atoms. The van der Waals surface area contributed by atoms with Gasteiger partial charge < -0.3 is 35.1 Å². The van der Waals surface area contributed by atoms with Crippen molar-refractivity contribution < 1.29 is 38.8 Å². The summed E-state index contributed by atoms with van der Waals surface area (Å²) in [6, 6.07) is -2.09. The molecule has 0 aromatic heterocycles. The lowest BCUT2D eigenvalue weighted by Crippen LogP contribution is -2.61. The zero-order valence-electron chi connectivity index (χ0n) is 18.2. The number of carbonyl (C=O) groups excluding carboxylic acids is 2. The van der Waals surface area contributed by atoms with Gasteiger partial charge in [0.25, 0.3) is 5.91 Å². The molecule has 2 amide bonds. The Balaban J connectivity index is 2.16. The van der Waals surface area contributed by atoms with E-state index < -0.39 is 60.1 Å². The standard InChI is InChI=1S/C20H32N2O8/c1-19(2,3)8-7-12-13(23)14(30-20(4,5)29-12)15(28-6)17(25)21-10-9-11(18(26)27)22-16(10)24/h7-8,10-15,23H,9H2,1-6H3,(H,21,25)(H,22,24)(H,26,27)/t10?,11?,12-,13+,14-,15-/m1/s1. The minimum atomic E-state index is -1.25. The van der Waals surface area contributed by atoms with Crippen molar-refractivity contribution in [2.45, 2.75) is 83.3 Å². The predicted molar refractivity (Wildman–Crippen MR) is 105 cm³/mol. The van der Waals surface area contributed by atoms with Gasteiger partial charge in [0.2, 0.25) is 5.91 Å². The molecule has 2 aliphatic heterocycles. The molecule has 0 radical (unpaired) electrons. The van der Waals surface area contributed by atoms with Crippen LogP contribution in [0.25, 0.3) is 0 Å². The second-order valence-corrected chi connectivity index (χ2v) is 9.13. The number of methoxy groups -OCH3 is 1. The Bertz CT molecular complexity index is 699. The van der Waals surface area contributed by atoms with Gasteiger partial charge in [0.15, 0.2) is 11.9 Å². The van der Waals surface area contributed by atoms with E-state index in [1.807, 2.05) is 26.8 Å². The van der Waals surface area contributed by atoms with Crippen LogP contribution in [0.5, 0.6) is 0 Å². The minimum Gasteiger partial charge on any atom is -0.480 e. The molecular weight excluding hydrogens is 396 g/mol. The van der Waals surface area contributed by atoms with Crippen LogP contribution in [0.4, 0.5) is 0 Å². The van der Waals surface area contributed by atoms with Crippen LogP contribution >= 0.6 is 0 Å². The zero-order valence-corrected chi connectivity index (χ0v) is 18.2. The lowest BCUT2D eigenvalue weighted by atomic mass is 9.93. The highest BCUT2D eigenvalue weighted by Gasteiger charge is 2.48. The zero-order chi connectivity index (χ0) is 22.9. The summed E-state index contributed by atoms with van der Waals surface area (Å²) >= 11 is 0. The number of carbonyl (C=O) groups is 3. The molecule has 10 nitrogen and oxygen atoms in total. The molecule has 6 atom stereocenters. The lowest BCUT2D eigenvalue weighted by Gasteiger charge is -2.45. The highest BCUT2D eigenvalue weighted by Crippen LogP contribution is 2.31. The molecule has 2 fully saturated rings. The first-order valence-corrected chi connectivity index (χ1v) is 9.83. The van der Waals surface area contributed by atoms with Gasteiger partial charge >= 0.3 is 5.97 Å². The first-order chi connectivity index (χ1) is 13.7. The van der Waals surface area contributed by atoms with Crippen molar-refractivity contribution in [2.24, 2.45) is 5.41 Å².